The maximum absolute atomic E-state index is 9.70. The van der Waals surface area contributed by atoms with Crippen molar-refractivity contribution in [3.05, 3.63) is 24.0 Å². The van der Waals surface area contributed by atoms with Crippen molar-refractivity contribution in [2.24, 2.45) is 17.5 Å². The molecule has 5 heteroatoms. The van der Waals surface area contributed by atoms with Gasteiger partial charge in [-0.2, -0.15) is 0 Å². The number of nitrogens with zero attached hydrogens (tertiary/aromatic N) is 3. The van der Waals surface area contributed by atoms with Gasteiger partial charge in [0.05, 0.1) is 19.7 Å². The molecule has 0 aromatic carbocycles. The zero-order valence-electron chi connectivity index (χ0n) is 14.8. The third-order valence-electron chi connectivity index (χ3n) is 4.55. The Balaban J connectivity index is 2.82. The molecule has 126 valence electrons. The van der Waals surface area contributed by atoms with Gasteiger partial charge in [-0.15, -0.1) is 0 Å². The molecule has 1 aromatic rings. The number of guanidine groups is 1. The Hall–Kier alpha value is -1.49. The number of aliphatic imine (C=N–C) groups is 1. The lowest BCUT2D eigenvalue weighted by atomic mass is 9.83. The molecule has 0 unspecified atom stereocenters. The molecule has 0 saturated carbocycles. The molecular formula is C17H32N4O. The lowest BCUT2D eigenvalue weighted by Crippen LogP contribution is -2.40. The molecule has 1 heterocycles. The number of hydrogen-bond acceptors (Lipinski definition) is 2. The first-order valence-electron chi connectivity index (χ1n) is 8.22. The van der Waals surface area contributed by atoms with E-state index in [0.717, 1.165) is 31.9 Å². The highest BCUT2D eigenvalue weighted by Gasteiger charge is 2.25. The molecule has 1 aromatic heterocycles. The summed E-state index contributed by atoms with van der Waals surface area (Å²) >= 11 is 0. The van der Waals surface area contributed by atoms with E-state index in [2.05, 4.69) is 60.9 Å². The Bertz CT molecular complexity index is 455. The zero-order valence-corrected chi connectivity index (χ0v) is 14.8. The second-order valence-corrected chi connectivity index (χ2v) is 6.00. The molecule has 0 amide bonds. The van der Waals surface area contributed by atoms with Gasteiger partial charge in [-0.3, -0.25) is 4.99 Å². The Morgan fingerprint density at radius 3 is 2.50 bits per heavy atom. The van der Waals surface area contributed by atoms with Crippen molar-refractivity contribution >= 4 is 5.96 Å². The quantitative estimate of drug-likeness (QED) is 0.572. The van der Waals surface area contributed by atoms with Crippen LogP contribution in [0.2, 0.25) is 0 Å². The van der Waals surface area contributed by atoms with Crippen LogP contribution in [-0.2, 0) is 13.6 Å². The molecule has 0 saturated heterocycles. The van der Waals surface area contributed by atoms with Crippen molar-refractivity contribution < 1.29 is 5.11 Å². The number of aromatic nitrogens is 1. The summed E-state index contributed by atoms with van der Waals surface area (Å²) in [6, 6.07) is 4.17. The number of rotatable bonds is 8. The van der Waals surface area contributed by atoms with Gasteiger partial charge in [0, 0.05) is 37.9 Å². The van der Waals surface area contributed by atoms with Gasteiger partial charge in [0.2, 0.25) is 0 Å². The fourth-order valence-corrected chi connectivity index (χ4v) is 2.44. The first-order chi connectivity index (χ1) is 10.5. The molecular weight excluding hydrogens is 276 g/mol. The van der Waals surface area contributed by atoms with E-state index in [1.54, 1.807) is 0 Å². The summed E-state index contributed by atoms with van der Waals surface area (Å²) in [5.74, 6) is 0.892. The fourth-order valence-electron chi connectivity index (χ4n) is 2.44. The molecule has 0 fully saturated rings. The summed E-state index contributed by atoms with van der Waals surface area (Å²) in [5, 5.41) is 13.0. The summed E-state index contributed by atoms with van der Waals surface area (Å²) in [6.45, 7) is 8.79. The average Bonchev–Trinajstić information content (AvgIpc) is 2.93. The number of aliphatic hydroxyl groups excluding tert-OH is 1. The van der Waals surface area contributed by atoms with Crippen LogP contribution >= 0.6 is 0 Å². The van der Waals surface area contributed by atoms with E-state index in [9.17, 15) is 5.11 Å². The molecule has 0 bridgehead atoms. The minimum absolute atomic E-state index is 0.105. The largest absolute Gasteiger partial charge is 0.396 e. The molecule has 2 N–H and O–H groups in total. The lowest BCUT2D eigenvalue weighted by Gasteiger charge is -2.29. The summed E-state index contributed by atoms with van der Waals surface area (Å²) in [5.41, 5.74) is 1.14. The van der Waals surface area contributed by atoms with Crippen LogP contribution in [0, 0.1) is 5.41 Å². The van der Waals surface area contributed by atoms with Crippen molar-refractivity contribution in [2.75, 3.05) is 26.7 Å². The summed E-state index contributed by atoms with van der Waals surface area (Å²) < 4.78 is 2.12. The molecule has 0 aliphatic rings. The van der Waals surface area contributed by atoms with E-state index in [1.807, 2.05) is 7.05 Å². The fraction of sp³-hybridized carbons (Fsp3) is 0.706. The highest BCUT2D eigenvalue weighted by atomic mass is 16.3. The third kappa shape index (κ3) is 4.77. The molecule has 1 rings (SSSR count). The van der Waals surface area contributed by atoms with Gasteiger partial charge < -0.3 is 19.9 Å². The summed E-state index contributed by atoms with van der Waals surface area (Å²) in [4.78, 5) is 6.90. The van der Waals surface area contributed by atoms with Gasteiger partial charge >= 0.3 is 0 Å². The first kappa shape index (κ1) is 18.6. The standard InChI is InChI=1S/C17H32N4O/c1-6-17(7-2,14-22)13-19-16(18-8-3)21(5)12-15-10-9-11-20(15)4/h9-11,22H,6-8,12-14H2,1-5H3,(H,18,19). The van der Waals surface area contributed by atoms with Crippen LogP contribution in [0.5, 0.6) is 0 Å². The summed E-state index contributed by atoms with van der Waals surface area (Å²) in [6.07, 6.45) is 3.92. The van der Waals surface area contributed by atoms with Crippen LogP contribution in [0.15, 0.2) is 23.3 Å². The predicted molar refractivity (Wildman–Crippen MR) is 93.0 cm³/mol. The van der Waals surface area contributed by atoms with Crippen LogP contribution in [-0.4, -0.2) is 47.3 Å². The van der Waals surface area contributed by atoms with E-state index in [4.69, 9.17) is 4.99 Å². The van der Waals surface area contributed by atoms with Gasteiger partial charge in [-0.25, -0.2) is 0 Å². The number of hydrogen-bond donors (Lipinski definition) is 2. The van der Waals surface area contributed by atoms with Crippen LogP contribution in [0.1, 0.15) is 39.3 Å². The molecule has 0 spiro atoms. The zero-order chi connectivity index (χ0) is 16.6. The predicted octanol–water partition coefficient (Wildman–Crippen LogP) is 2.22. The maximum Gasteiger partial charge on any atom is 0.194 e. The van der Waals surface area contributed by atoms with E-state index < -0.39 is 0 Å². The van der Waals surface area contributed by atoms with E-state index in [-0.39, 0.29) is 12.0 Å². The Morgan fingerprint density at radius 1 is 1.36 bits per heavy atom. The normalized spacial score (nSPS) is 12.5. The summed E-state index contributed by atoms with van der Waals surface area (Å²) in [7, 11) is 4.10. The second kappa shape index (κ2) is 8.83. The maximum atomic E-state index is 9.70. The smallest absolute Gasteiger partial charge is 0.194 e. The van der Waals surface area contributed by atoms with Crippen molar-refractivity contribution in [2.45, 2.75) is 40.2 Å². The highest BCUT2D eigenvalue weighted by molar-refractivity contribution is 5.79. The van der Waals surface area contributed by atoms with Crippen molar-refractivity contribution in [1.82, 2.24) is 14.8 Å². The molecule has 0 radical (unpaired) electrons. The van der Waals surface area contributed by atoms with Gasteiger partial charge in [-0.1, -0.05) is 13.8 Å². The SMILES string of the molecule is CCNC(=NCC(CC)(CC)CO)N(C)Cc1cccn1C. The van der Waals surface area contributed by atoms with E-state index >= 15 is 0 Å². The highest BCUT2D eigenvalue weighted by Crippen LogP contribution is 2.25. The van der Waals surface area contributed by atoms with Crippen LogP contribution in [0.25, 0.3) is 0 Å². The van der Waals surface area contributed by atoms with E-state index in [0.29, 0.717) is 6.54 Å². The Morgan fingerprint density at radius 2 is 2.05 bits per heavy atom. The van der Waals surface area contributed by atoms with Gasteiger partial charge in [0.1, 0.15) is 0 Å². The molecule has 0 atom stereocenters. The minimum Gasteiger partial charge on any atom is -0.396 e. The third-order valence-corrected chi connectivity index (χ3v) is 4.55. The van der Waals surface area contributed by atoms with Crippen LogP contribution < -0.4 is 5.32 Å². The Labute approximate surface area is 135 Å². The van der Waals surface area contributed by atoms with Crippen molar-refractivity contribution in [1.29, 1.82) is 0 Å². The number of aliphatic hydroxyl groups is 1. The molecule has 22 heavy (non-hydrogen) atoms. The van der Waals surface area contributed by atoms with Crippen LogP contribution in [0.4, 0.5) is 0 Å². The van der Waals surface area contributed by atoms with Crippen LogP contribution in [0.3, 0.4) is 0 Å². The molecule has 5 nitrogen and oxygen atoms in total. The van der Waals surface area contributed by atoms with Crippen molar-refractivity contribution in [3.8, 4) is 0 Å². The number of nitrogens with one attached hydrogen (secondary N) is 1. The monoisotopic (exact) mass is 308 g/mol. The van der Waals surface area contributed by atoms with Crippen molar-refractivity contribution in [3.63, 3.8) is 0 Å². The second-order valence-electron chi connectivity index (χ2n) is 6.00. The van der Waals surface area contributed by atoms with Gasteiger partial charge in [0.15, 0.2) is 5.96 Å². The number of aryl methyl sites for hydroxylation is 1. The topological polar surface area (TPSA) is 52.8 Å². The van der Waals surface area contributed by atoms with E-state index in [1.165, 1.54) is 5.69 Å². The minimum atomic E-state index is -0.105. The Kier molecular flexibility index (Phi) is 7.45. The molecule has 0 aliphatic carbocycles. The lowest BCUT2D eigenvalue weighted by molar-refractivity contribution is 0.123. The average molecular weight is 308 g/mol. The first-order valence-corrected chi connectivity index (χ1v) is 8.22. The molecule has 0 aliphatic heterocycles. The van der Waals surface area contributed by atoms with Gasteiger partial charge in [-0.05, 0) is 31.9 Å². The van der Waals surface area contributed by atoms with Gasteiger partial charge in [0.25, 0.3) is 0 Å².